The molecule has 0 bridgehead atoms. The second-order valence-corrected chi connectivity index (χ2v) is 8.08. The maximum absolute atomic E-state index is 13.1. The lowest BCUT2D eigenvalue weighted by Crippen LogP contribution is -2.49. The number of nitrogens with zero attached hydrogens (tertiary/aromatic N) is 5. The number of amides is 2. The molecule has 3 aromatic rings. The smallest absolute Gasteiger partial charge is 0.254 e. The molecule has 7 nitrogen and oxygen atoms in total. The van der Waals surface area contributed by atoms with Crippen LogP contribution >= 0.6 is 0 Å². The van der Waals surface area contributed by atoms with Crippen molar-refractivity contribution in [1.29, 1.82) is 0 Å². The number of anilines is 2. The molecule has 1 aromatic heterocycles. The number of benzene rings is 2. The summed E-state index contributed by atoms with van der Waals surface area (Å²) in [6.07, 6.45) is 3.23. The summed E-state index contributed by atoms with van der Waals surface area (Å²) in [7, 11) is 0. The molecule has 0 saturated carbocycles. The van der Waals surface area contributed by atoms with E-state index in [1.165, 1.54) is 0 Å². The van der Waals surface area contributed by atoms with Crippen LogP contribution in [0.5, 0.6) is 0 Å². The molecule has 0 aliphatic carbocycles. The number of hydrogen-bond donors (Lipinski definition) is 0. The quantitative estimate of drug-likeness (QED) is 0.639. The average Bonchev–Trinajstić information content (AvgIpc) is 3.30. The summed E-state index contributed by atoms with van der Waals surface area (Å²) in [4.78, 5) is 40.1. The standard InChI is InChI=1S/C25H25N5O2/c31-23-10-5-13-30(23)21-9-4-8-20(18-21)25(32)29-16-14-28(15-17-29)22-11-12-26-24(27-22)19-6-2-1-3-7-19/h1-4,6-9,11-12,18H,5,10,13-17H2. The van der Waals surface area contributed by atoms with E-state index in [0.717, 1.165) is 30.0 Å². The highest BCUT2D eigenvalue weighted by Gasteiger charge is 2.25. The van der Waals surface area contributed by atoms with Gasteiger partial charge in [0.15, 0.2) is 5.82 Å². The molecule has 0 N–H and O–H groups in total. The third-order valence-electron chi connectivity index (χ3n) is 6.04. The molecular formula is C25H25N5O2. The Balaban J connectivity index is 1.25. The molecular weight excluding hydrogens is 402 g/mol. The second-order valence-electron chi connectivity index (χ2n) is 8.08. The highest BCUT2D eigenvalue weighted by molar-refractivity contribution is 5.99. The first-order valence-electron chi connectivity index (χ1n) is 11.0. The molecule has 32 heavy (non-hydrogen) atoms. The molecule has 2 aliphatic rings. The first kappa shape index (κ1) is 20.2. The van der Waals surface area contributed by atoms with Crippen LogP contribution < -0.4 is 9.80 Å². The number of rotatable bonds is 4. The molecule has 2 fully saturated rings. The summed E-state index contributed by atoms with van der Waals surface area (Å²) in [5.74, 6) is 1.71. The van der Waals surface area contributed by atoms with Crippen molar-refractivity contribution in [3.63, 3.8) is 0 Å². The van der Waals surface area contributed by atoms with Crippen LogP contribution in [0.15, 0.2) is 66.9 Å². The Hall–Kier alpha value is -3.74. The third-order valence-corrected chi connectivity index (χ3v) is 6.04. The Labute approximate surface area is 187 Å². The van der Waals surface area contributed by atoms with E-state index in [9.17, 15) is 9.59 Å². The van der Waals surface area contributed by atoms with Gasteiger partial charge in [0, 0.05) is 62.2 Å². The summed E-state index contributed by atoms with van der Waals surface area (Å²) in [5, 5.41) is 0. The minimum Gasteiger partial charge on any atom is -0.353 e. The maximum Gasteiger partial charge on any atom is 0.254 e. The molecule has 3 heterocycles. The fourth-order valence-electron chi connectivity index (χ4n) is 4.30. The third kappa shape index (κ3) is 4.06. The zero-order chi connectivity index (χ0) is 21.9. The van der Waals surface area contributed by atoms with Gasteiger partial charge in [0.05, 0.1) is 0 Å². The van der Waals surface area contributed by atoms with Crippen LogP contribution in [-0.2, 0) is 4.79 Å². The Morgan fingerprint density at radius 1 is 0.875 bits per heavy atom. The fourth-order valence-corrected chi connectivity index (χ4v) is 4.30. The minimum absolute atomic E-state index is 0.00538. The zero-order valence-corrected chi connectivity index (χ0v) is 17.9. The number of carbonyl (C=O) groups is 2. The molecule has 0 radical (unpaired) electrons. The topological polar surface area (TPSA) is 69.6 Å². The van der Waals surface area contributed by atoms with Gasteiger partial charge in [-0.25, -0.2) is 9.97 Å². The van der Waals surface area contributed by atoms with Gasteiger partial charge < -0.3 is 14.7 Å². The number of carbonyl (C=O) groups excluding carboxylic acids is 2. The summed E-state index contributed by atoms with van der Waals surface area (Å²) in [5.41, 5.74) is 2.43. The first-order chi connectivity index (χ1) is 15.7. The highest BCUT2D eigenvalue weighted by Crippen LogP contribution is 2.24. The van der Waals surface area contributed by atoms with E-state index in [1.54, 1.807) is 11.1 Å². The van der Waals surface area contributed by atoms with Crippen molar-refractivity contribution in [2.24, 2.45) is 0 Å². The molecule has 2 aliphatic heterocycles. The molecule has 2 saturated heterocycles. The monoisotopic (exact) mass is 427 g/mol. The lowest BCUT2D eigenvalue weighted by Gasteiger charge is -2.35. The number of hydrogen-bond acceptors (Lipinski definition) is 5. The Morgan fingerprint density at radius 3 is 2.44 bits per heavy atom. The van der Waals surface area contributed by atoms with Crippen LogP contribution in [0.3, 0.4) is 0 Å². The molecule has 0 spiro atoms. The van der Waals surface area contributed by atoms with Gasteiger partial charge in [-0.3, -0.25) is 9.59 Å². The van der Waals surface area contributed by atoms with Crippen LogP contribution in [0.25, 0.3) is 11.4 Å². The molecule has 0 atom stereocenters. The van der Waals surface area contributed by atoms with E-state index in [1.807, 2.05) is 65.6 Å². The molecule has 0 unspecified atom stereocenters. The molecule has 162 valence electrons. The summed E-state index contributed by atoms with van der Waals surface area (Å²) >= 11 is 0. The largest absolute Gasteiger partial charge is 0.353 e. The first-order valence-corrected chi connectivity index (χ1v) is 11.0. The molecule has 2 aromatic carbocycles. The predicted octanol–water partition coefficient (Wildman–Crippen LogP) is 3.23. The summed E-state index contributed by atoms with van der Waals surface area (Å²) < 4.78 is 0. The number of piperazine rings is 1. The van der Waals surface area contributed by atoms with Gasteiger partial charge in [0.25, 0.3) is 5.91 Å². The van der Waals surface area contributed by atoms with E-state index in [0.29, 0.717) is 44.0 Å². The fraction of sp³-hybridized carbons (Fsp3) is 0.280. The van der Waals surface area contributed by atoms with Crippen molar-refractivity contribution in [2.75, 3.05) is 42.5 Å². The van der Waals surface area contributed by atoms with Gasteiger partial charge in [-0.1, -0.05) is 36.4 Å². The van der Waals surface area contributed by atoms with Crippen LogP contribution in [0, 0.1) is 0 Å². The van der Waals surface area contributed by atoms with Crippen molar-refractivity contribution < 1.29 is 9.59 Å². The van der Waals surface area contributed by atoms with Crippen molar-refractivity contribution in [1.82, 2.24) is 14.9 Å². The SMILES string of the molecule is O=C(c1cccc(N2CCCC2=O)c1)N1CCN(c2ccnc(-c3ccccc3)n2)CC1. The normalized spacial score (nSPS) is 16.5. The Bertz CT molecular complexity index is 1130. The predicted molar refractivity (Wildman–Crippen MR) is 124 cm³/mol. The van der Waals surface area contributed by atoms with Crippen molar-refractivity contribution >= 4 is 23.3 Å². The van der Waals surface area contributed by atoms with Crippen LogP contribution in [0.2, 0.25) is 0 Å². The van der Waals surface area contributed by atoms with Gasteiger partial charge in [0.2, 0.25) is 5.91 Å². The Kier molecular flexibility index (Phi) is 5.54. The van der Waals surface area contributed by atoms with E-state index in [2.05, 4.69) is 9.88 Å². The molecule has 5 rings (SSSR count). The van der Waals surface area contributed by atoms with E-state index in [-0.39, 0.29) is 11.8 Å². The lowest BCUT2D eigenvalue weighted by atomic mass is 10.1. The molecule has 2 amide bonds. The van der Waals surface area contributed by atoms with Gasteiger partial charge in [0.1, 0.15) is 5.82 Å². The van der Waals surface area contributed by atoms with Gasteiger partial charge >= 0.3 is 0 Å². The average molecular weight is 428 g/mol. The van der Waals surface area contributed by atoms with Crippen molar-refractivity contribution in [3.8, 4) is 11.4 Å². The Morgan fingerprint density at radius 2 is 1.69 bits per heavy atom. The van der Waals surface area contributed by atoms with E-state index < -0.39 is 0 Å². The summed E-state index contributed by atoms with van der Waals surface area (Å²) in [6, 6.07) is 19.3. The van der Waals surface area contributed by atoms with Gasteiger partial charge in [-0.2, -0.15) is 0 Å². The van der Waals surface area contributed by atoms with Crippen LogP contribution in [0.4, 0.5) is 11.5 Å². The maximum atomic E-state index is 13.1. The van der Waals surface area contributed by atoms with Gasteiger partial charge in [-0.05, 0) is 30.7 Å². The van der Waals surface area contributed by atoms with Crippen molar-refractivity contribution in [3.05, 3.63) is 72.4 Å². The minimum atomic E-state index is 0.00538. The van der Waals surface area contributed by atoms with E-state index in [4.69, 9.17) is 4.98 Å². The highest BCUT2D eigenvalue weighted by atomic mass is 16.2. The zero-order valence-electron chi connectivity index (χ0n) is 17.9. The van der Waals surface area contributed by atoms with Crippen LogP contribution in [-0.4, -0.2) is 59.4 Å². The molecule has 7 heteroatoms. The second kappa shape index (κ2) is 8.78. The summed E-state index contributed by atoms with van der Waals surface area (Å²) in [6.45, 7) is 3.38. The van der Waals surface area contributed by atoms with Crippen molar-refractivity contribution in [2.45, 2.75) is 12.8 Å². The van der Waals surface area contributed by atoms with Crippen LogP contribution in [0.1, 0.15) is 23.2 Å². The lowest BCUT2D eigenvalue weighted by molar-refractivity contribution is -0.117. The van der Waals surface area contributed by atoms with E-state index >= 15 is 0 Å². The number of aromatic nitrogens is 2. The van der Waals surface area contributed by atoms with Gasteiger partial charge in [-0.15, -0.1) is 0 Å².